The number of rotatable bonds is 1. The predicted octanol–water partition coefficient (Wildman–Crippen LogP) is -0.371. The van der Waals surface area contributed by atoms with Crippen LogP contribution >= 0.6 is 0 Å². The van der Waals surface area contributed by atoms with E-state index in [1.54, 1.807) is 0 Å². The van der Waals surface area contributed by atoms with Crippen molar-refractivity contribution >= 4 is 5.91 Å². The summed E-state index contributed by atoms with van der Waals surface area (Å²) in [5.41, 5.74) is 3.72. The van der Waals surface area contributed by atoms with Gasteiger partial charge in [0.05, 0.1) is 0 Å². The number of nitrogens with zero attached hydrogens (tertiary/aromatic N) is 1. The SMILES string of the molecule is C[C@@H]([NH3+])C(=O)N1CCCCC1. The fraction of sp³-hybridized carbons (Fsp3) is 0.875. The Morgan fingerprint density at radius 2 is 1.91 bits per heavy atom. The number of amides is 1. The molecular weight excluding hydrogens is 140 g/mol. The first kappa shape index (κ1) is 8.53. The van der Waals surface area contributed by atoms with Crippen LogP contribution in [0.2, 0.25) is 0 Å². The third kappa shape index (κ3) is 2.19. The van der Waals surface area contributed by atoms with Crippen LogP contribution < -0.4 is 5.73 Å². The molecule has 0 aromatic rings. The highest BCUT2D eigenvalue weighted by Crippen LogP contribution is 2.08. The summed E-state index contributed by atoms with van der Waals surface area (Å²) in [6.07, 6.45) is 3.60. The van der Waals surface area contributed by atoms with Crippen LogP contribution in [0.25, 0.3) is 0 Å². The molecule has 0 saturated carbocycles. The van der Waals surface area contributed by atoms with Crippen LogP contribution in [0.1, 0.15) is 26.2 Å². The number of hydrogen-bond acceptors (Lipinski definition) is 1. The third-order valence-electron chi connectivity index (χ3n) is 2.09. The number of quaternary nitrogens is 1. The van der Waals surface area contributed by atoms with E-state index in [0.29, 0.717) is 0 Å². The van der Waals surface area contributed by atoms with Gasteiger partial charge in [0.2, 0.25) is 0 Å². The second-order valence-corrected chi connectivity index (χ2v) is 3.29. The van der Waals surface area contributed by atoms with Gasteiger partial charge in [-0.25, -0.2) is 0 Å². The lowest BCUT2D eigenvalue weighted by atomic mass is 10.1. The molecule has 1 aliphatic rings. The van der Waals surface area contributed by atoms with Crippen LogP contribution in [-0.4, -0.2) is 29.9 Å². The average molecular weight is 157 g/mol. The lowest BCUT2D eigenvalue weighted by molar-refractivity contribution is -0.400. The lowest BCUT2D eigenvalue weighted by Crippen LogP contribution is -2.66. The first-order valence-corrected chi connectivity index (χ1v) is 4.33. The van der Waals surface area contributed by atoms with Gasteiger partial charge in [0.25, 0.3) is 5.91 Å². The maximum absolute atomic E-state index is 11.4. The molecule has 1 atom stereocenters. The van der Waals surface area contributed by atoms with E-state index in [9.17, 15) is 4.79 Å². The number of likely N-dealkylation sites (tertiary alicyclic amines) is 1. The molecule has 0 radical (unpaired) electrons. The summed E-state index contributed by atoms with van der Waals surface area (Å²) in [6.45, 7) is 3.74. The van der Waals surface area contributed by atoms with Gasteiger partial charge in [0.1, 0.15) is 0 Å². The zero-order valence-electron chi connectivity index (χ0n) is 7.18. The molecular formula is C8H17N2O+. The molecule has 11 heavy (non-hydrogen) atoms. The van der Waals surface area contributed by atoms with Crippen LogP contribution in [0.5, 0.6) is 0 Å². The molecule has 64 valence electrons. The Labute approximate surface area is 67.5 Å². The Balaban J connectivity index is 2.39. The van der Waals surface area contributed by atoms with E-state index in [0.717, 1.165) is 13.1 Å². The van der Waals surface area contributed by atoms with Crippen molar-refractivity contribution in [1.29, 1.82) is 0 Å². The lowest BCUT2D eigenvalue weighted by Gasteiger charge is -2.26. The Kier molecular flexibility index (Phi) is 2.88. The molecule has 0 aromatic heterocycles. The Morgan fingerprint density at radius 3 is 2.36 bits per heavy atom. The van der Waals surface area contributed by atoms with E-state index in [2.05, 4.69) is 5.73 Å². The van der Waals surface area contributed by atoms with Gasteiger partial charge < -0.3 is 10.6 Å². The second-order valence-electron chi connectivity index (χ2n) is 3.29. The molecule has 0 aliphatic carbocycles. The number of piperidine rings is 1. The van der Waals surface area contributed by atoms with Crippen molar-refractivity contribution in [1.82, 2.24) is 4.90 Å². The molecule has 3 nitrogen and oxygen atoms in total. The topological polar surface area (TPSA) is 48.0 Å². The average Bonchev–Trinajstić information content (AvgIpc) is 2.05. The van der Waals surface area contributed by atoms with Gasteiger partial charge in [0.15, 0.2) is 6.04 Å². The van der Waals surface area contributed by atoms with Gasteiger partial charge >= 0.3 is 0 Å². The highest BCUT2D eigenvalue weighted by molar-refractivity contribution is 5.79. The van der Waals surface area contributed by atoms with Crippen molar-refractivity contribution < 1.29 is 10.5 Å². The van der Waals surface area contributed by atoms with E-state index in [1.807, 2.05) is 11.8 Å². The summed E-state index contributed by atoms with van der Waals surface area (Å²) in [6, 6.07) is -0.0758. The van der Waals surface area contributed by atoms with Gasteiger partial charge in [-0.1, -0.05) is 0 Å². The van der Waals surface area contributed by atoms with Crippen molar-refractivity contribution in [3.05, 3.63) is 0 Å². The third-order valence-corrected chi connectivity index (χ3v) is 2.09. The molecule has 0 bridgehead atoms. The minimum Gasteiger partial charge on any atom is -0.348 e. The van der Waals surface area contributed by atoms with E-state index in [4.69, 9.17) is 0 Å². The molecule has 3 heteroatoms. The van der Waals surface area contributed by atoms with E-state index in [-0.39, 0.29) is 11.9 Å². The minimum atomic E-state index is -0.0758. The number of hydrogen-bond donors (Lipinski definition) is 1. The number of carbonyl (C=O) groups is 1. The van der Waals surface area contributed by atoms with E-state index >= 15 is 0 Å². The summed E-state index contributed by atoms with van der Waals surface area (Å²) in [5, 5.41) is 0. The van der Waals surface area contributed by atoms with Gasteiger partial charge in [-0.3, -0.25) is 4.79 Å². The largest absolute Gasteiger partial charge is 0.348 e. The first-order valence-electron chi connectivity index (χ1n) is 4.33. The van der Waals surface area contributed by atoms with Crippen molar-refractivity contribution in [2.75, 3.05) is 13.1 Å². The van der Waals surface area contributed by atoms with Crippen molar-refractivity contribution in [3.63, 3.8) is 0 Å². The van der Waals surface area contributed by atoms with Crippen LogP contribution in [0, 0.1) is 0 Å². The van der Waals surface area contributed by atoms with Crippen LogP contribution in [-0.2, 0) is 4.79 Å². The van der Waals surface area contributed by atoms with E-state index < -0.39 is 0 Å². The van der Waals surface area contributed by atoms with Crippen LogP contribution in [0.15, 0.2) is 0 Å². The summed E-state index contributed by atoms with van der Waals surface area (Å²) < 4.78 is 0. The molecule has 0 spiro atoms. The predicted molar refractivity (Wildman–Crippen MR) is 42.8 cm³/mol. The van der Waals surface area contributed by atoms with Crippen LogP contribution in [0.3, 0.4) is 0 Å². The fourth-order valence-corrected chi connectivity index (χ4v) is 1.43. The highest BCUT2D eigenvalue weighted by atomic mass is 16.2. The zero-order chi connectivity index (χ0) is 8.27. The minimum absolute atomic E-state index is 0.0758. The molecule has 1 heterocycles. The van der Waals surface area contributed by atoms with Crippen molar-refractivity contribution in [3.8, 4) is 0 Å². The Morgan fingerprint density at radius 1 is 1.36 bits per heavy atom. The molecule has 1 rings (SSSR count). The van der Waals surface area contributed by atoms with Gasteiger partial charge in [-0.05, 0) is 26.2 Å². The number of carbonyl (C=O) groups excluding carboxylic acids is 1. The maximum Gasteiger partial charge on any atom is 0.280 e. The molecule has 0 aromatic carbocycles. The summed E-state index contributed by atoms with van der Waals surface area (Å²) in [7, 11) is 0. The molecule has 3 N–H and O–H groups in total. The molecule has 1 saturated heterocycles. The van der Waals surface area contributed by atoms with Crippen molar-refractivity contribution in [2.24, 2.45) is 0 Å². The Bertz CT molecular complexity index is 139. The maximum atomic E-state index is 11.4. The normalized spacial score (nSPS) is 21.5. The smallest absolute Gasteiger partial charge is 0.280 e. The quantitative estimate of drug-likeness (QED) is 0.554. The fourth-order valence-electron chi connectivity index (χ4n) is 1.43. The summed E-state index contributed by atoms with van der Waals surface area (Å²) in [4.78, 5) is 13.3. The standard InChI is InChI=1S/C8H16N2O/c1-7(9)8(11)10-5-3-2-4-6-10/h7H,2-6,9H2,1H3/p+1/t7-/m1/s1. The second kappa shape index (κ2) is 3.72. The highest BCUT2D eigenvalue weighted by Gasteiger charge is 2.20. The summed E-state index contributed by atoms with van der Waals surface area (Å²) in [5.74, 6) is 0.213. The van der Waals surface area contributed by atoms with Gasteiger partial charge in [0, 0.05) is 13.1 Å². The van der Waals surface area contributed by atoms with Crippen LogP contribution in [0.4, 0.5) is 0 Å². The molecule has 0 unspecified atom stereocenters. The van der Waals surface area contributed by atoms with Crippen molar-refractivity contribution in [2.45, 2.75) is 32.2 Å². The first-order chi connectivity index (χ1) is 5.22. The van der Waals surface area contributed by atoms with E-state index in [1.165, 1.54) is 19.3 Å². The molecule has 1 fully saturated rings. The molecule has 1 aliphatic heterocycles. The zero-order valence-corrected chi connectivity index (χ0v) is 7.18. The van der Waals surface area contributed by atoms with Gasteiger partial charge in [-0.15, -0.1) is 0 Å². The Hall–Kier alpha value is -0.570. The molecule has 1 amide bonds. The summed E-state index contributed by atoms with van der Waals surface area (Å²) >= 11 is 0. The van der Waals surface area contributed by atoms with Gasteiger partial charge in [-0.2, -0.15) is 0 Å². The monoisotopic (exact) mass is 157 g/mol.